The molecule has 0 heterocycles. The van der Waals surface area contributed by atoms with Gasteiger partial charge >= 0.3 is 5.69 Å². The highest BCUT2D eigenvalue weighted by molar-refractivity contribution is 8.67. The molecule has 0 aromatic heterocycles. The highest BCUT2D eigenvalue weighted by Gasteiger charge is 2.24. The zero-order valence-corrected chi connectivity index (χ0v) is 21.4. The van der Waals surface area contributed by atoms with Gasteiger partial charge in [0.25, 0.3) is 0 Å². The molecule has 1 aromatic carbocycles. The Bertz CT molecular complexity index is 521. The summed E-state index contributed by atoms with van der Waals surface area (Å²) in [6.45, 7) is 5.53. The van der Waals surface area contributed by atoms with Crippen LogP contribution in [0.25, 0.3) is 0 Å². The molecule has 0 saturated carbocycles. The van der Waals surface area contributed by atoms with Gasteiger partial charge in [-0.15, -0.1) is 0 Å². The third kappa shape index (κ3) is 15.8. The lowest BCUT2D eigenvalue weighted by Crippen LogP contribution is -2.00. The molecule has 0 amide bonds. The van der Waals surface area contributed by atoms with Crippen molar-refractivity contribution in [3.8, 4) is 0 Å². The molecule has 0 aliphatic rings. The summed E-state index contributed by atoms with van der Waals surface area (Å²) in [6.07, 6.45) is 14.4. The van der Waals surface area contributed by atoms with Crippen molar-refractivity contribution in [1.29, 1.82) is 0 Å². The molecular weight excluding hydrogens is 435 g/mol. The average Bonchev–Trinajstić information content (AvgIpc) is 2.77. The van der Waals surface area contributed by atoms with Crippen molar-refractivity contribution in [2.45, 2.75) is 96.7 Å². The van der Waals surface area contributed by atoms with Crippen molar-refractivity contribution in [3.05, 3.63) is 35.9 Å². The zero-order chi connectivity index (χ0) is 21.8. The first-order valence-electron chi connectivity index (χ1n) is 11.6. The van der Waals surface area contributed by atoms with Crippen molar-refractivity contribution in [2.24, 2.45) is 0 Å². The van der Waals surface area contributed by atoms with Crippen LogP contribution >= 0.6 is 17.1 Å². The molecule has 0 unspecified atom stereocenters. The van der Waals surface area contributed by atoms with E-state index in [0.29, 0.717) is 19.0 Å². The SMILES string of the molecule is CCCCCCCCOOP(=S)(OOCCCCCCCC)SCc1ccccc1. The van der Waals surface area contributed by atoms with E-state index in [1.54, 1.807) is 0 Å². The summed E-state index contributed by atoms with van der Waals surface area (Å²) < 4.78 is 11.2. The maximum Gasteiger partial charge on any atom is 0.308 e. The van der Waals surface area contributed by atoms with Crippen LogP contribution in [0.1, 0.15) is 96.5 Å². The van der Waals surface area contributed by atoms with Crippen LogP contribution < -0.4 is 0 Å². The van der Waals surface area contributed by atoms with Crippen molar-refractivity contribution >= 4 is 28.9 Å². The molecule has 0 aliphatic heterocycles. The second kappa shape index (κ2) is 19.7. The Hall–Kier alpha value is 0.0600. The van der Waals surface area contributed by atoms with E-state index in [1.165, 1.54) is 68.3 Å². The van der Waals surface area contributed by atoms with Crippen LogP contribution in [-0.4, -0.2) is 13.2 Å². The maximum absolute atomic E-state index is 5.65. The summed E-state index contributed by atoms with van der Waals surface area (Å²) in [4.78, 5) is 10.9. The van der Waals surface area contributed by atoms with E-state index in [9.17, 15) is 0 Å². The monoisotopic (exact) mass is 476 g/mol. The van der Waals surface area contributed by atoms with E-state index in [4.69, 9.17) is 30.9 Å². The van der Waals surface area contributed by atoms with E-state index in [-0.39, 0.29) is 0 Å². The summed E-state index contributed by atoms with van der Waals surface area (Å²) in [7, 11) is 0. The number of unbranched alkanes of at least 4 members (excludes halogenated alkanes) is 10. The van der Waals surface area contributed by atoms with E-state index in [1.807, 2.05) is 18.2 Å². The first-order chi connectivity index (χ1) is 14.7. The van der Waals surface area contributed by atoms with E-state index < -0.39 is 5.69 Å². The molecule has 0 aliphatic carbocycles. The molecule has 30 heavy (non-hydrogen) atoms. The van der Waals surface area contributed by atoms with E-state index >= 15 is 0 Å². The minimum absolute atomic E-state index is 0.539. The third-order valence-electron chi connectivity index (χ3n) is 4.68. The van der Waals surface area contributed by atoms with Crippen LogP contribution in [0.15, 0.2) is 30.3 Å². The predicted molar refractivity (Wildman–Crippen MR) is 133 cm³/mol. The first-order valence-corrected chi connectivity index (χ1v) is 15.8. The van der Waals surface area contributed by atoms with Gasteiger partial charge in [0.2, 0.25) is 0 Å². The van der Waals surface area contributed by atoms with Crippen LogP contribution in [0.2, 0.25) is 0 Å². The minimum Gasteiger partial charge on any atom is -0.229 e. The molecule has 0 saturated heterocycles. The van der Waals surface area contributed by atoms with Crippen LogP contribution in [0.5, 0.6) is 0 Å². The van der Waals surface area contributed by atoms with Gasteiger partial charge in [-0.25, -0.2) is 9.78 Å². The lowest BCUT2D eigenvalue weighted by molar-refractivity contribution is -0.253. The van der Waals surface area contributed by atoms with Gasteiger partial charge in [0.05, 0.1) is 13.2 Å². The van der Waals surface area contributed by atoms with Crippen molar-refractivity contribution in [3.63, 3.8) is 0 Å². The van der Waals surface area contributed by atoms with Gasteiger partial charge in [-0.2, -0.15) is 9.35 Å². The van der Waals surface area contributed by atoms with Gasteiger partial charge in [0, 0.05) is 5.75 Å². The van der Waals surface area contributed by atoms with Crippen molar-refractivity contribution in [2.75, 3.05) is 13.2 Å². The standard InChI is InChI=1S/C23H41O4PS2/c1-3-5-7-9-11-16-20-24-26-28(29,30-22-23-18-14-13-15-19-23)27-25-21-17-12-10-8-6-4-2/h13-15,18-19H,3-12,16-17,20-22H2,1-2H3. The molecule has 1 rings (SSSR count). The van der Waals surface area contributed by atoms with Gasteiger partial charge in [-0.1, -0.05) is 120 Å². The summed E-state index contributed by atoms with van der Waals surface area (Å²) in [5, 5.41) is 0. The summed E-state index contributed by atoms with van der Waals surface area (Å²) in [6, 6.07) is 10.2. The largest absolute Gasteiger partial charge is 0.308 e. The van der Waals surface area contributed by atoms with E-state index in [2.05, 4.69) is 26.0 Å². The third-order valence-corrected chi connectivity index (χ3v) is 9.05. The lowest BCUT2D eigenvalue weighted by Gasteiger charge is -2.19. The molecule has 7 heteroatoms. The highest BCUT2D eigenvalue weighted by Crippen LogP contribution is 2.62. The Balaban J connectivity index is 2.30. The van der Waals surface area contributed by atoms with Crippen LogP contribution in [0, 0.1) is 0 Å². The van der Waals surface area contributed by atoms with E-state index in [0.717, 1.165) is 25.7 Å². The molecule has 0 atom stereocenters. The van der Waals surface area contributed by atoms with Gasteiger partial charge in [0.15, 0.2) is 0 Å². The molecule has 0 fully saturated rings. The Labute approximate surface area is 193 Å². The average molecular weight is 477 g/mol. The fourth-order valence-electron chi connectivity index (χ4n) is 2.87. The fourth-order valence-corrected chi connectivity index (χ4v) is 6.06. The normalized spacial score (nSPS) is 11.8. The molecule has 1 aromatic rings. The van der Waals surface area contributed by atoms with Gasteiger partial charge in [-0.05, 0) is 30.2 Å². The van der Waals surface area contributed by atoms with Gasteiger partial charge in [0.1, 0.15) is 0 Å². The van der Waals surface area contributed by atoms with Crippen molar-refractivity contribution < 1.29 is 19.1 Å². The summed E-state index contributed by atoms with van der Waals surface area (Å²) >= 11 is 7.11. The second-order valence-electron chi connectivity index (χ2n) is 7.53. The topological polar surface area (TPSA) is 36.9 Å². The Morgan fingerprint density at radius 2 is 1.17 bits per heavy atom. The fraction of sp³-hybridized carbons (Fsp3) is 0.739. The Morgan fingerprint density at radius 1 is 0.700 bits per heavy atom. The zero-order valence-electron chi connectivity index (χ0n) is 18.9. The molecule has 0 spiro atoms. The van der Waals surface area contributed by atoms with Crippen LogP contribution in [0.4, 0.5) is 0 Å². The van der Waals surface area contributed by atoms with Crippen molar-refractivity contribution in [1.82, 2.24) is 0 Å². The molecule has 0 N–H and O–H groups in total. The van der Waals surface area contributed by atoms with Gasteiger partial charge < -0.3 is 0 Å². The lowest BCUT2D eigenvalue weighted by atomic mass is 10.1. The molecule has 4 nitrogen and oxygen atoms in total. The van der Waals surface area contributed by atoms with Gasteiger partial charge in [-0.3, -0.25) is 0 Å². The first kappa shape index (κ1) is 28.1. The van der Waals surface area contributed by atoms with Crippen LogP contribution in [0.3, 0.4) is 0 Å². The quantitative estimate of drug-likeness (QED) is 0.0764. The number of rotatable bonds is 21. The Morgan fingerprint density at radius 3 is 1.67 bits per heavy atom. The molecule has 174 valence electrons. The van der Waals surface area contributed by atoms with Crippen LogP contribution in [-0.2, 0) is 36.7 Å². The number of benzene rings is 1. The summed E-state index contributed by atoms with van der Waals surface area (Å²) in [5.74, 6) is 0.707. The predicted octanol–water partition coefficient (Wildman–Crippen LogP) is 8.76. The Kier molecular flexibility index (Phi) is 18.5. The summed E-state index contributed by atoms with van der Waals surface area (Å²) in [5.41, 5.74) is -1.54. The molecular formula is C23H41O4PS2. The number of hydrogen-bond donors (Lipinski definition) is 0. The second-order valence-corrected chi connectivity index (χ2v) is 13.6. The molecule has 0 radical (unpaired) electrons. The number of hydrogen-bond acceptors (Lipinski definition) is 6. The highest BCUT2D eigenvalue weighted by atomic mass is 32.9. The maximum atomic E-state index is 5.65. The molecule has 0 bridgehead atoms. The smallest absolute Gasteiger partial charge is 0.229 e. The minimum atomic E-state index is -2.71.